The van der Waals surface area contributed by atoms with Crippen molar-refractivity contribution < 1.29 is 19.1 Å². The number of hydrogen-bond donors (Lipinski definition) is 3. The highest BCUT2D eigenvalue weighted by atomic mass is 16.4. The van der Waals surface area contributed by atoms with Crippen LogP contribution in [0.2, 0.25) is 0 Å². The van der Waals surface area contributed by atoms with Crippen LogP contribution in [0.1, 0.15) is 59.8 Å². The molecule has 1 unspecified atom stereocenters. The largest absolute Gasteiger partial charge is 0.420 e. The molecule has 10 nitrogen and oxygen atoms in total. The normalized spacial score (nSPS) is 18.0. The standard InChI is InChI=1S/C24H26N4O6/c29-19-6-4-5-17-15(19)12-16(23(32)26-17)22(31)25-14-7-8-20-18(11-14)28(24(33)34-20)13-21(30)27-9-2-1-3-10-27/h7-8,11-12,19,29H,1-6,9-10,13H2,(H,25,31)(H,26,32). The molecule has 1 saturated heterocycles. The first kappa shape index (κ1) is 22.1. The van der Waals surface area contributed by atoms with Gasteiger partial charge in [0.05, 0.1) is 11.6 Å². The number of amides is 2. The van der Waals surface area contributed by atoms with Crippen molar-refractivity contribution in [2.45, 2.75) is 51.2 Å². The molecule has 0 spiro atoms. The number of aliphatic hydroxyl groups is 1. The van der Waals surface area contributed by atoms with Gasteiger partial charge < -0.3 is 24.7 Å². The summed E-state index contributed by atoms with van der Waals surface area (Å²) in [7, 11) is 0. The summed E-state index contributed by atoms with van der Waals surface area (Å²) in [5, 5.41) is 12.9. The third-order valence-corrected chi connectivity index (χ3v) is 6.59. The van der Waals surface area contributed by atoms with Crippen LogP contribution in [0.4, 0.5) is 5.69 Å². The Morgan fingerprint density at radius 3 is 2.71 bits per heavy atom. The highest BCUT2D eigenvalue weighted by molar-refractivity contribution is 6.04. The summed E-state index contributed by atoms with van der Waals surface area (Å²) in [5.74, 6) is -1.44. The summed E-state index contributed by atoms with van der Waals surface area (Å²) in [6.45, 7) is 1.20. The Labute approximate surface area is 194 Å². The van der Waals surface area contributed by atoms with Crippen LogP contribution >= 0.6 is 0 Å². The van der Waals surface area contributed by atoms with E-state index in [4.69, 9.17) is 4.42 Å². The summed E-state index contributed by atoms with van der Waals surface area (Å²) in [6, 6.07) is 6.08. The number of piperidine rings is 1. The number of nitrogens with one attached hydrogen (secondary N) is 2. The van der Waals surface area contributed by atoms with Crippen molar-refractivity contribution in [3.05, 3.63) is 62.0 Å². The van der Waals surface area contributed by atoms with Crippen molar-refractivity contribution in [3.63, 3.8) is 0 Å². The molecule has 5 rings (SSSR count). The van der Waals surface area contributed by atoms with Crippen molar-refractivity contribution in [2.75, 3.05) is 18.4 Å². The van der Waals surface area contributed by atoms with Crippen molar-refractivity contribution in [1.82, 2.24) is 14.5 Å². The predicted octanol–water partition coefficient (Wildman–Crippen LogP) is 1.92. The molecule has 178 valence electrons. The van der Waals surface area contributed by atoms with Gasteiger partial charge in [-0.3, -0.25) is 19.0 Å². The minimum absolute atomic E-state index is 0.107. The fourth-order valence-electron chi connectivity index (χ4n) is 4.75. The van der Waals surface area contributed by atoms with E-state index in [9.17, 15) is 24.3 Å². The van der Waals surface area contributed by atoms with Crippen LogP contribution in [0, 0.1) is 0 Å². The molecular formula is C24H26N4O6. The van der Waals surface area contributed by atoms with Crippen LogP contribution in [0.25, 0.3) is 11.1 Å². The Hall–Kier alpha value is -3.66. The fourth-order valence-corrected chi connectivity index (χ4v) is 4.75. The summed E-state index contributed by atoms with van der Waals surface area (Å²) in [6.07, 6.45) is 4.25. The van der Waals surface area contributed by atoms with Gasteiger partial charge in [-0.1, -0.05) is 0 Å². The molecule has 10 heteroatoms. The number of rotatable bonds is 4. The monoisotopic (exact) mass is 466 g/mol. The lowest BCUT2D eigenvalue weighted by molar-refractivity contribution is -0.132. The van der Waals surface area contributed by atoms with Crippen molar-refractivity contribution in [3.8, 4) is 0 Å². The smallest absolute Gasteiger partial charge is 0.408 e. The maximum absolute atomic E-state index is 12.9. The van der Waals surface area contributed by atoms with Gasteiger partial charge in [0.25, 0.3) is 11.5 Å². The lowest BCUT2D eigenvalue weighted by Gasteiger charge is -2.26. The topological polar surface area (TPSA) is 138 Å². The molecule has 0 radical (unpaired) electrons. The van der Waals surface area contributed by atoms with E-state index in [-0.39, 0.29) is 18.0 Å². The number of aryl methyl sites for hydroxylation is 1. The van der Waals surface area contributed by atoms with Crippen LogP contribution < -0.4 is 16.6 Å². The van der Waals surface area contributed by atoms with Crippen LogP contribution in [0.15, 0.2) is 38.3 Å². The second-order valence-corrected chi connectivity index (χ2v) is 8.89. The Bertz CT molecular complexity index is 1380. The van der Waals surface area contributed by atoms with Crippen LogP contribution in [0.3, 0.4) is 0 Å². The number of hydrogen-bond acceptors (Lipinski definition) is 6. The number of aliphatic hydroxyl groups excluding tert-OH is 1. The number of nitrogens with zero attached hydrogens (tertiary/aromatic N) is 2. The molecule has 3 heterocycles. The number of aromatic amines is 1. The highest BCUT2D eigenvalue weighted by Crippen LogP contribution is 2.28. The van der Waals surface area contributed by atoms with Crippen LogP contribution in [-0.2, 0) is 17.8 Å². The first-order chi connectivity index (χ1) is 16.4. The number of pyridine rings is 1. The molecule has 1 aliphatic carbocycles. The SMILES string of the molecule is O=C(Nc1ccc2oc(=O)n(CC(=O)N3CCCCC3)c2c1)c1cc2c([nH]c1=O)CCCC2O. The molecule has 1 fully saturated rings. The Kier molecular flexibility index (Phi) is 5.82. The molecule has 2 amide bonds. The van der Waals surface area contributed by atoms with E-state index < -0.39 is 23.3 Å². The molecule has 2 aromatic heterocycles. The van der Waals surface area contributed by atoms with Crippen molar-refractivity contribution >= 4 is 28.6 Å². The zero-order chi connectivity index (χ0) is 23.8. The van der Waals surface area contributed by atoms with E-state index in [0.29, 0.717) is 54.0 Å². The van der Waals surface area contributed by atoms with E-state index in [1.54, 1.807) is 17.0 Å². The van der Waals surface area contributed by atoms with Crippen LogP contribution in [-0.4, -0.2) is 44.5 Å². The fraction of sp³-hybridized carbons (Fsp3) is 0.417. The van der Waals surface area contributed by atoms with Crippen molar-refractivity contribution in [2.24, 2.45) is 0 Å². The van der Waals surface area contributed by atoms with Gasteiger partial charge in [0.15, 0.2) is 5.58 Å². The van der Waals surface area contributed by atoms with Gasteiger partial charge in [-0.2, -0.15) is 0 Å². The molecule has 0 saturated carbocycles. The third-order valence-electron chi connectivity index (χ3n) is 6.59. The van der Waals surface area contributed by atoms with Crippen molar-refractivity contribution in [1.29, 1.82) is 0 Å². The molecule has 1 aromatic carbocycles. The average molecular weight is 466 g/mol. The minimum atomic E-state index is -0.721. The second kappa shape index (κ2) is 8.94. The van der Waals surface area contributed by atoms with Gasteiger partial charge in [0.2, 0.25) is 5.91 Å². The summed E-state index contributed by atoms with van der Waals surface area (Å²) < 4.78 is 6.52. The van der Waals surface area contributed by atoms with E-state index >= 15 is 0 Å². The minimum Gasteiger partial charge on any atom is -0.408 e. The van der Waals surface area contributed by atoms with Gasteiger partial charge in [0.1, 0.15) is 12.1 Å². The Morgan fingerprint density at radius 1 is 1.12 bits per heavy atom. The predicted molar refractivity (Wildman–Crippen MR) is 124 cm³/mol. The molecule has 1 atom stereocenters. The first-order valence-corrected chi connectivity index (χ1v) is 11.6. The number of carbonyl (C=O) groups is 2. The maximum Gasteiger partial charge on any atom is 0.420 e. The molecule has 3 aromatic rings. The van der Waals surface area contributed by atoms with E-state index in [0.717, 1.165) is 25.7 Å². The zero-order valence-electron chi connectivity index (χ0n) is 18.6. The number of oxazole rings is 1. The Balaban J connectivity index is 1.40. The molecule has 2 aliphatic rings. The number of anilines is 1. The number of likely N-dealkylation sites (tertiary alicyclic amines) is 1. The third kappa shape index (κ3) is 4.16. The second-order valence-electron chi connectivity index (χ2n) is 8.89. The van der Waals surface area contributed by atoms with Gasteiger partial charge in [0, 0.05) is 30.0 Å². The molecular weight excluding hydrogens is 440 g/mol. The Morgan fingerprint density at radius 2 is 1.91 bits per heavy atom. The van der Waals surface area contributed by atoms with Gasteiger partial charge in [-0.25, -0.2) is 4.79 Å². The maximum atomic E-state index is 12.9. The van der Waals surface area contributed by atoms with Crippen LogP contribution in [0.5, 0.6) is 0 Å². The van der Waals surface area contributed by atoms with E-state index in [1.165, 1.54) is 16.7 Å². The molecule has 34 heavy (non-hydrogen) atoms. The number of aromatic nitrogens is 2. The van der Waals surface area contributed by atoms with E-state index in [2.05, 4.69) is 10.3 Å². The summed E-state index contributed by atoms with van der Waals surface area (Å²) >= 11 is 0. The summed E-state index contributed by atoms with van der Waals surface area (Å²) in [4.78, 5) is 54.9. The zero-order valence-corrected chi connectivity index (χ0v) is 18.6. The lowest BCUT2D eigenvalue weighted by atomic mass is 9.92. The molecule has 1 aliphatic heterocycles. The van der Waals surface area contributed by atoms with Gasteiger partial charge in [-0.05, 0) is 62.8 Å². The van der Waals surface area contributed by atoms with Gasteiger partial charge >= 0.3 is 5.76 Å². The molecule has 3 N–H and O–H groups in total. The number of benzene rings is 1. The summed E-state index contributed by atoms with van der Waals surface area (Å²) in [5.41, 5.74) is 1.60. The van der Waals surface area contributed by atoms with E-state index in [1.807, 2.05) is 0 Å². The molecule has 0 bridgehead atoms. The number of carbonyl (C=O) groups excluding carboxylic acids is 2. The first-order valence-electron chi connectivity index (χ1n) is 11.6. The quantitative estimate of drug-likeness (QED) is 0.537. The lowest BCUT2D eigenvalue weighted by Crippen LogP contribution is -2.39. The highest BCUT2D eigenvalue weighted by Gasteiger charge is 2.23. The number of fused-ring (bicyclic) bond motifs is 2. The number of H-pyrrole nitrogens is 1. The van der Waals surface area contributed by atoms with Gasteiger partial charge in [-0.15, -0.1) is 0 Å². The average Bonchev–Trinajstić information content (AvgIpc) is 3.13.